The topological polar surface area (TPSA) is 66.8 Å². The Morgan fingerprint density at radius 2 is 1.53 bits per heavy atom. The number of aliphatic hydroxyl groups excluding tert-OH is 1. The molecule has 7 heteroatoms. The van der Waals surface area contributed by atoms with E-state index in [0.717, 1.165) is 5.56 Å². The van der Waals surface area contributed by atoms with Crippen LogP contribution in [0.4, 0.5) is 14.5 Å². The Balaban J connectivity index is 1.93. The number of nitrogens with zero attached hydrogens (tertiary/aromatic N) is 1. The van der Waals surface area contributed by atoms with Crippen molar-refractivity contribution in [2.45, 2.75) is 13.0 Å². The Hall–Kier alpha value is -4.00. The fourth-order valence-corrected chi connectivity index (χ4v) is 3.84. The van der Waals surface area contributed by atoms with Crippen molar-refractivity contribution in [1.29, 1.82) is 0 Å². The summed E-state index contributed by atoms with van der Waals surface area (Å²) in [5.41, 5.74) is 1.60. The zero-order valence-corrected chi connectivity index (χ0v) is 17.3. The van der Waals surface area contributed by atoms with Crippen molar-refractivity contribution in [3.63, 3.8) is 0 Å². The monoisotopic (exact) mass is 435 g/mol. The number of hydrogen-bond acceptors (Lipinski definition) is 4. The molecule has 1 fully saturated rings. The highest BCUT2D eigenvalue weighted by Crippen LogP contribution is 2.42. The number of anilines is 1. The molecule has 1 aliphatic rings. The molecule has 0 aromatic heterocycles. The molecule has 32 heavy (non-hydrogen) atoms. The Kier molecular flexibility index (Phi) is 5.48. The minimum absolute atomic E-state index is 0.143. The summed E-state index contributed by atoms with van der Waals surface area (Å²) < 4.78 is 32.3. The number of hydrogen-bond donors (Lipinski definition) is 1. The first-order valence-corrected chi connectivity index (χ1v) is 9.79. The van der Waals surface area contributed by atoms with Crippen LogP contribution in [-0.4, -0.2) is 23.9 Å². The summed E-state index contributed by atoms with van der Waals surface area (Å²) >= 11 is 0. The zero-order chi connectivity index (χ0) is 23.0. The number of ether oxygens (including phenoxy) is 1. The Bertz CT molecular complexity index is 1230. The summed E-state index contributed by atoms with van der Waals surface area (Å²) in [6.45, 7) is 1.78. The van der Waals surface area contributed by atoms with E-state index in [2.05, 4.69) is 0 Å². The van der Waals surface area contributed by atoms with E-state index < -0.39 is 29.4 Å². The van der Waals surface area contributed by atoms with Gasteiger partial charge in [-0.25, -0.2) is 8.78 Å². The molecule has 1 unspecified atom stereocenters. The van der Waals surface area contributed by atoms with Crippen LogP contribution in [0.25, 0.3) is 5.76 Å². The first-order valence-electron chi connectivity index (χ1n) is 9.79. The lowest BCUT2D eigenvalue weighted by molar-refractivity contribution is -0.132. The third-order valence-electron chi connectivity index (χ3n) is 5.40. The van der Waals surface area contributed by atoms with E-state index in [1.54, 1.807) is 25.1 Å². The summed E-state index contributed by atoms with van der Waals surface area (Å²) in [5.74, 6) is -2.53. The fourth-order valence-electron chi connectivity index (χ4n) is 3.84. The SMILES string of the molecule is COc1ccc(/C(O)=C2/C(=O)C(=O)N(c3ccc(F)cc3)C2c2ccc(F)cc2)cc1C. The molecule has 1 N–H and O–H groups in total. The van der Waals surface area contributed by atoms with Gasteiger partial charge in [-0.2, -0.15) is 0 Å². The van der Waals surface area contributed by atoms with Crippen LogP contribution < -0.4 is 9.64 Å². The van der Waals surface area contributed by atoms with Gasteiger partial charge in [-0.1, -0.05) is 12.1 Å². The Morgan fingerprint density at radius 1 is 0.938 bits per heavy atom. The predicted molar refractivity (Wildman–Crippen MR) is 115 cm³/mol. The first kappa shape index (κ1) is 21.2. The maximum atomic E-state index is 13.6. The molecule has 1 amide bonds. The molecule has 162 valence electrons. The van der Waals surface area contributed by atoms with Gasteiger partial charge in [0.2, 0.25) is 0 Å². The highest BCUT2D eigenvalue weighted by atomic mass is 19.1. The summed E-state index contributed by atoms with van der Waals surface area (Å²) in [6.07, 6.45) is 0. The number of rotatable bonds is 4. The number of aliphatic hydroxyl groups is 1. The van der Waals surface area contributed by atoms with E-state index >= 15 is 0 Å². The standard InChI is InChI=1S/C25H19F2NO4/c1-14-13-16(5-12-20(14)32-2)23(29)21-22(15-3-6-17(26)7-4-15)28(25(31)24(21)30)19-10-8-18(27)9-11-19/h3-13,22,29H,1-2H3/b23-21-. The van der Waals surface area contributed by atoms with Crippen LogP contribution in [0.2, 0.25) is 0 Å². The van der Waals surface area contributed by atoms with Crippen molar-refractivity contribution in [2.75, 3.05) is 12.0 Å². The number of amides is 1. The molecular weight excluding hydrogens is 416 g/mol. The lowest BCUT2D eigenvalue weighted by Crippen LogP contribution is -2.29. The van der Waals surface area contributed by atoms with E-state index in [9.17, 15) is 23.5 Å². The Labute approximate surface area is 183 Å². The van der Waals surface area contributed by atoms with Gasteiger partial charge in [0.05, 0.1) is 18.7 Å². The number of carbonyl (C=O) groups is 2. The lowest BCUT2D eigenvalue weighted by Gasteiger charge is -2.25. The van der Waals surface area contributed by atoms with Crippen molar-refractivity contribution in [2.24, 2.45) is 0 Å². The number of benzene rings is 3. The molecule has 4 rings (SSSR count). The molecule has 3 aromatic rings. The summed E-state index contributed by atoms with van der Waals surface area (Å²) in [5, 5.41) is 11.1. The van der Waals surface area contributed by atoms with Gasteiger partial charge in [0.15, 0.2) is 0 Å². The van der Waals surface area contributed by atoms with Crippen LogP contribution >= 0.6 is 0 Å². The van der Waals surface area contributed by atoms with Crippen molar-refractivity contribution < 1.29 is 28.2 Å². The number of methoxy groups -OCH3 is 1. The molecule has 1 atom stereocenters. The molecule has 3 aromatic carbocycles. The molecule has 0 spiro atoms. The third kappa shape index (κ3) is 3.62. The van der Waals surface area contributed by atoms with E-state index in [1.165, 1.54) is 60.5 Å². The number of ketones is 1. The van der Waals surface area contributed by atoms with Gasteiger partial charge in [-0.05, 0) is 72.6 Å². The van der Waals surface area contributed by atoms with Gasteiger partial charge in [0.25, 0.3) is 11.7 Å². The van der Waals surface area contributed by atoms with Crippen LogP contribution in [0, 0.1) is 18.6 Å². The van der Waals surface area contributed by atoms with Crippen molar-refractivity contribution >= 4 is 23.1 Å². The van der Waals surface area contributed by atoms with E-state index in [4.69, 9.17) is 4.74 Å². The molecule has 0 aliphatic carbocycles. The largest absolute Gasteiger partial charge is 0.507 e. The number of Topliss-reactive ketones (excluding diaryl/α,β-unsaturated/α-hetero) is 1. The summed E-state index contributed by atoms with van der Waals surface area (Å²) in [6, 6.07) is 14.2. The molecular formula is C25H19F2NO4. The second-order valence-electron chi connectivity index (χ2n) is 7.38. The van der Waals surface area contributed by atoms with Crippen molar-refractivity contribution in [3.8, 4) is 5.75 Å². The average molecular weight is 435 g/mol. The second kappa shape index (κ2) is 8.26. The maximum absolute atomic E-state index is 13.6. The minimum Gasteiger partial charge on any atom is -0.507 e. The number of carbonyl (C=O) groups excluding carboxylic acids is 2. The van der Waals surface area contributed by atoms with E-state index in [1.807, 2.05) is 0 Å². The lowest BCUT2D eigenvalue weighted by atomic mass is 9.94. The molecule has 0 bridgehead atoms. The van der Waals surface area contributed by atoms with Crippen LogP contribution in [-0.2, 0) is 9.59 Å². The maximum Gasteiger partial charge on any atom is 0.300 e. The first-order chi connectivity index (χ1) is 15.3. The molecule has 1 saturated heterocycles. The number of halogens is 2. The van der Waals surface area contributed by atoms with Gasteiger partial charge in [-0.15, -0.1) is 0 Å². The third-order valence-corrected chi connectivity index (χ3v) is 5.40. The quantitative estimate of drug-likeness (QED) is 0.359. The molecule has 1 heterocycles. The Morgan fingerprint density at radius 3 is 2.09 bits per heavy atom. The van der Waals surface area contributed by atoms with Gasteiger partial charge < -0.3 is 9.84 Å². The average Bonchev–Trinajstić information content (AvgIpc) is 3.05. The van der Waals surface area contributed by atoms with Crippen molar-refractivity contribution in [1.82, 2.24) is 0 Å². The number of aryl methyl sites for hydroxylation is 1. The van der Waals surface area contributed by atoms with E-state index in [-0.39, 0.29) is 17.0 Å². The van der Waals surface area contributed by atoms with Crippen molar-refractivity contribution in [3.05, 3.63) is 101 Å². The zero-order valence-electron chi connectivity index (χ0n) is 17.3. The van der Waals surface area contributed by atoms with Crippen LogP contribution in [0.1, 0.15) is 22.7 Å². The van der Waals surface area contributed by atoms with Crippen LogP contribution in [0.15, 0.2) is 72.3 Å². The predicted octanol–water partition coefficient (Wildman–Crippen LogP) is 4.91. The highest BCUT2D eigenvalue weighted by molar-refractivity contribution is 6.51. The van der Waals surface area contributed by atoms with Crippen LogP contribution in [0.3, 0.4) is 0 Å². The molecule has 0 radical (unpaired) electrons. The van der Waals surface area contributed by atoms with Gasteiger partial charge in [0.1, 0.15) is 23.1 Å². The molecule has 5 nitrogen and oxygen atoms in total. The molecule has 0 saturated carbocycles. The van der Waals surface area contributed by atoms with E-state index in [0.29, 0.717) is 16.9 Å². The normalized spacial score (nSPS) is 17.6. The fraction of sp³-hybridized carbons (Fsp3) is 0.120. The summed E-state index contributed by atoms with van der Waals surface area (Å²) in [7, 11) is 1.52. The van der Waals surface area contributed by atoms with Crippen LogP contribution in [0.5, 0.6) is 5.75 Å². The summed E-state index contributed by atoms with van der Waals surface area (Å²) in [4.78, 5) is 27.2. The van der Waals surface area contributed by atoms with Gasteiger partial charge >= 0.3 is 0 Å². The van der Waals surface area contributed by atoms with Gasteiger partial charge in [-0.3, -0.25) is 14.5 Å². The highest BCUT2D eigenvalue weighted by Gasteiger charge is 2.47. The second-order valence-corrected chi connectivity index (χ2v) is 7.38. The molecule has 1 aliphatic heterocycles. The van der Waals surface area contributed by atoms with Gasteiger partial charge in [0, 0.05) is 11.3 Å². The minimum atomic E-state index is -1.02. The smallest absolute Gasteiger partial charge is 0.300 e.